The van der Waals surface area contributed by atoms with Gasteiger partial charge in [0.05, 0.1) is 25.5 Å². The average Bonchev–Trinajstić information content (AvgIpc) is 3.40. The maximum absolute atomic E-state index is 13.7. The van der Waals surface area contributed by atoms with E-state index in [-0.39, 0.29) is 5.91 Å². The van der Waals surface area contributed by atoms with Gasteiger partial charge in [0.1, 0.15) is 36.2 Å². The Morgan fingerprint density at radius 2 is 1.84 bits per heavy atom. The normalized spacial score (nSPS) is 14.4. The third-order valence-electron chi connectivity index (χ3n) is 6.12. The first kappa shape index (κ1) is 23.9. The monoisotopic (exact) mass is 497 g/mol. The second-order valence-electron chi connectivity index (χ2n) is 8.46. The molecule has 4 aromatic rings. The van der Waals surface area contributed by atoms with E-state index < -0.39 is 6.04 Å². The average molecular weight is 498 g/mol. The van der Waals surface area contributed by atoms with E-state index >= 15 is 0 Å². The van der Waals surface area contributed by atoms with E-state index in [1.807, 2.05) is 61.5 Å². The predicted molar refractivity (Wildman–Crippen MR) is 140 cm³/mol. The maximum Gasteiger partial charge on any atom is 0.255 e. The molecule has 0 unspecified atom stereocenters. The summed E-state index contributed by atoms with van der Waals surface area (Å²) >= 11 is 0. The van der Waals surface area contributed by atoms with Crippen LogP contribution in [-0.2, 0) is 11.4 Å². The molecule has 1 atom stereocenters. The molecule has 2 heterocycles. The van der Waals surface area contributed by atoms with Crippen molar-refractivity contribution in [3.8, 4) is 17.2 Å². The van der Waals surface area contributed by atoms with E-state index in [1.165, 1.54) is 6.33 Å². The molecule has 9 nitrogen and oxygen atoms in total. The minimum absolute atomic E-state index is 0.296. The fourth-order valence-electron chi connectivity index (χ4n) is 4.30. The van der Waals surface area contributed by atoms with Crippen LogP contribution < -0.4 is 24.8 Å². The summed E-state index contributed by atoms with van der Waals surface area (Å²) < 4.78 is 18.5. The highest BCUT2D eigenvalue weighted by Gasteiger charge is 2.34. The summed E-state index contributed by atoms with van der Waals surface area (Å²) in [6.07, 6.45) is 1.46. The standard InChI is InChI=1S/C28H27N5O4/c1-18-25(27(34)32-23-13-12-21(35-2)15-24(23)36-3)26(33-28(31-18)29-17-30-33)20-10-7-11-22(14-20)37-16-19-8-5-4-6-9-19/h4-15,17,26H,16H2,1-3H3,(H,32,34)(H,29,30,31)/t26-/m0/s1. The van der Waals surface area contributed by atoms with Gasteiger partial charge in [-0.05, 0) is 42.3 Å². The summed E-state index contributed by atoms with van der Waals surface area (Å²) in [7, 11) is 3.12. The Kier molecular flexibility index (Phi) is 6.76. The van der Waals surface area contributed by atoms with Crippen molar-refractivity contribution in [2.45, 2.75) is 19.6 Å². The van der Waals surface area contributed by atoms with Gasteiger partial charge in [-0.1, -0.05) is 42.5 Å². The Bertz CT molecular complexity index is 1450. The number of amides is 1. The summed E-state index contributed by atoms with van der Waals surface area (Å²) in [6, 6.07) is 22.3. The third kappa shape index (κ3) is 4.97. The lowest BCUT2D eigenvalue weighted by Gasteiger charge is -2.29. The smallest absolute Gasteiger partial charge is 0.255 e. The van der Waals surface area contributed by atoms with E-state index in [1.54, 1.807) is 37.1 Å². The van der Waals surface area contributed by atoms with Gasteiger partial charge < -0.3 is 24.8 Å². The molecule has 3 aromatic carbocycles. The van der Waals surface area contributed by atoms with Crippen LogP contribution in [0.3, 0.4) is 0 Å². The number of carbonyl (C=O) groups is 1. The maximum atomic E-state index is 13.7. The second-order valence-corrected chi connectivity index (χ2v) is 8.46. The molecule has 0 aliphatic carbocycles. The van der Waals surface area contributed by atoms with Crippen molar-refractivity contribution in [3.63, 3.8) is 0 Å². The van der Waals surface area contributed by atoms with E-state index in [9.17, 15) is 4.79 Å². The zero-order valence-electron chi connectivity index (χ0n) is 20.8. The number of rotatable bonds is 8. The highest BCUT2D eigenvalue weighted by atomic mass is 16.5. The first-order chi connectivity index (χ1) is 18.1. The van der Waals surface area contributed by atoms with Crippen molar-refractivity contribution in [2.24, 2.45) is 0 Å². The Morgan fingerprint density at radius 1 is 1.00 bits per heavy atom. The molecule has 188 valence electrons. The lowest BCUT2D eigenvalue weighted by Crippen LogP contribution is -2.31. The topological polar surface area (TPSA) is 99.5 Å². The van der Waals surface area contributed by atoms with Crippen molar-refractivity contribution >= 4 is 17.5 Å². The Balaban J connectivity index is 1.47. The summed E-state index contributed by atoms with van der Waals surface area (Å²) in [4.78, 5) is 18.0. The first-order valence-electron chi connectivity index (χ1n) is 11.7. The van der Waals surface area contributed by atoms with E-state index in [4.69, 9.17) is 14.2 Å². The molecule has 1 aliphatic heterocycles. The van der Waals surface area contributed by atoms with E-state index in [0.29, 0.717) is 46.8 Å². The summed E-state index contributed by atoms with van der Waals surface area (Å²) in [5, 5.41) is 10.6. The van der Waals surface area contributed by atoms with Crippen molar-refractivity contribution < 1.29 is 19.0 Å². The summed E-state index contributed by atoms with van der Waals surface area (Å²) in [6.45, 7) is 2.28. The number of hydrogen-bond donors (Lipinski definition) is 2. The lowest BCUT2D eigenvalue weighted by molar-refractivity contribution is -0.113. The van der Waals surface area contributed by atoms with Crippen LogP contribution in [0.1, 0.15) is 24.1 Å². The van der Waals surface area contributed by atoms with Gasteiger partial charge in [-0.15, -0.1) is 0 Å². The molecule has 1 aliphatic rings. The van der Waals surface area contributed by atoms with Gasteiger partial charge in [0.2, 0.25) is 5.95 Å². The second kappa shape index (κ2) is 10.4. The fraction of sp³-hybridized carbons (Fsp3) is 0.179. The van der Waals surface area contributed by atoms with Gasteiger partial charge >= 0.3 is 0 Å². The van der Waals surface area contributed by atoms with Crippen molar-refractivity contribution in [1.29, 1.82) is 0 Å². The number of carbonyl (C=O) groups excluding carboxylic acids is 1. The molecule has 0 radical (unpaired) electrons. The quantitative estimate of drug-likeness (QED) is 0.361. The molecular weight excluding hydrogens is 470 g/mol. The van der Waals surface area contributed by atoms with Gasteiger partial charge in [0.15, 0.2) is 0 Å². The summed E-state index contributed by atoms with van der Waals surface area (Å²) in [5.41, 5.74) is 3.60. The van der Waals surface area contributed by atoms with E-state index in [0.717, 1.165) is 11.1 Å². The Labute approximate surface area is 214 Å². The molecule has 9 heteroatoms. The molecule has 1 aromatic heterocycles. The highest BCUT2D eigenvalue weighted by molar-refractivity contribution is 6.06. The van der Waals surface area contributed by atoms with Crippen LogP contribution in [-0.4, -0.2) is 34.9 Å². The number of nitrogens with one attached hydrogen (secondary N) is 2. The lowest BCUT2D eigenvalue weighted by atomic mass is 9.94. The van der Waals surface area contributed by atoms with Gasteiger partial charge in [0, 0.05) is 11.8 Å². The van der Waals surface area contributed by atoms with Gasteiger partial charge in [-0.2, -0.15) is 10.1 Å². The number of methoxy groups -OCH3 is 2. The number of ether oxygens (including phenoxy) is 3. The fourth-order valence-corrected chi connectivity index (χ4v) is 4.30. The molecule has 0 fully saturated rings. The molecule has 1 amide bonds. The molecule has 0 saturated carbocycles. The first-order valence-corrected chi connectivity index (χ1v) is 11.7. The largest absolute Gasteiger partial charge is 0.497 e. The number of anilines is 2. The Morgan fingerprint density at radius 3 is 2.62 bits per heavy atom. The minimum Gasteiger partial charge on any atom is -0.497 e. The number of aromatic nitrogens is 3. The summed E-state index contributed by atoms with van der Waals surface area (Å²) in [5.74, 6) is 2.06. The molecular formula is C28H27N5O4. The van der Waals surface area contributed by atoms with Gasteiger partial charge in [0.25, 0.3) is 5.91 Å². The van der Waals surface area contributed by atoms with E-state index in [2.05, 4.69) is 20.7 Å². The SMILES string of the molecule is COc1ccc(NC(=O)C2=C(C)Nc3ncnn3[C@H]2c2cccc(OCc3ccccc3)c2)c(OC)c1. The molecule has 0 bridgehead atoms. The third-order valence-corrected chi connectivity index (χ3v) is 6.12. The van der Waals surface area contributed by atoms with Crippen LogP contribution in [0.25, 0.3) is 0 Å². The number of nitrogens with zero attached hydrogens (tertiary/aromatic N) is 3. The minimum atomic E-state index is -0.525. The predicted octanol–water partition coefficient (Wildman–Crippen LogP) is 4.80. The molecule has 0 spiro atoms. The zero-order chi connectivity index (χ0) is 25.8. The van der Waals surface area contributed by atoms with Crippen LogP contribution >= 0.6 is 0 Å². The van der Waals surface area contributed by atoms with Crippen molar-refractivity contribution in [2.75, 3.05) is 24.9 Å². The molecule has 2 N–H and O–H groups in total. The number of hydrogen-bond acceptors (Lipinski definition) is 7. The Hall–Kier alpha value is -4.79. The zero-order valence-corrected chi connectivity index (χ0v) is 20.8. The number of benzene rings is 3. The number of allylic oxidation sites excluding steroid dienone is 1. The van der Waals surface area contributed by atoms with Crippen LogP contribution in [0.15, 0.2) is 90.4 Å². The number of fused-ring (bicyclic) bond motifs is 1. The van der Waals surface area contributed by atoms with Crippen LogP contribution in [0.5, 0.6) is 17.2 Å². The van der Waals surface area contributed by atoms with Gasteiger partial charge in [-0.25, -0.2) is 4.68 Å². The van der Waals surface area contributed by atoms with Crippen LogP contribution in [0.2, 0.25) is 0 Å². The van der Waals surface area contributed by atoms with Crippen LogP contribution in [0, 0.1) is 0 Å². The van der Waals surface area contributed by atoms with Crippen LogP contribution in [0.4, 0.5) is 11.6 Å². The molecule has 37 heavy (non-hydrogen) atoms. The van der Waals surface area contributed by atoms with Crippen molar-refractivity contribution in [1.82, 2.24) is 14.8 Å². The van der Waals surface area contributed by atoms with Gasteiger partial charge in [-0.3, -0.25) is 4.79 Å². The molecule has 5 rings (SSSR count). The highest BCUT2D eigenvalue weighted by Crippen LogP contribution is 2.37. The van der Waals surface area contributed by atoms with Crippen molar-refractivity contribution in [3.05, 3.63) is 102 Å². The molecule has 0 saturated heterocycles.